The standard InChI is InChI=1S/C15H19FN2O2/c1-3-13(19)18-9-5-8-15(18,2)14(20)17-12-7-4-6-11(16)10-12/h4,6-7,10H,3,5,8-9H2,1-2H3,(H,17,20). The molecule has 1 N–H and O–H groups in total. The lowest BCUT2D eigenvalue weighted by atomic mass is 9.97. The second-order valence-electron chi connectivity index (χ2n) is 5.24. The predicted molar refractivity (Wildman–Crippen MR) is 74.7 cm³/mol. The molecule has 1 heterocycles. The third-order valence-corrected chi connectivity index (χ3v) is 3.82. The first-order valence-electron chi connectivity index (χ1n) is 6.85. The predicted octanol–water partition coefficient (Wildman–Crippen LogP) is 2.56. The number of anilines is 1. The molecule has 0 aliphatic carbocycles. The van der Waals surface area contributed by atoms with E-state index in [4.69, 9.17) is 0 Å². The SMILES string of the molecule is CCC(=O)N1CCCC1(C)C(=O)Nc1cccc(F)c1. The van der Waals surface area contributed by atoms with Gasteiger partial charge < -0.3 is 10.2 Å². The molecule has 1 aliphatic rings. The maximum absolute atomic E-state index is 13.1. The van der Waals surface area contributed by atoms with E-state index in [0.29, 0.717) is 25.1 Å². The summed E-state index contributed by atoms with van der Waals surface area (Å²) in [5.41, 5.74) is -0.439. The topological polar surface area (TPSA) is 49.4 Å². The molecule has 2 rings (SSSR count). The van der Waals surface area contributed by atoms with Gasteiger partial charge in [-0.25, -0.2) is 4.39 Å². The molecule has 0 bridgehead atoms. The molecule has 1 atom stereocenters. The Labute approximate surface area is 118 Å². The average Bonchev–Trinajstić information content (AvgIpc) is 2.81. The van der Waals surface area contributed by atoms with E-state index in [-0.39, 0.29) is 11.8 Å². The molecule has 1 saturated heterocycles. The molecule has 5 heteroatoms. The number of rotatable bonds is 3. The molecule has 1 fully saturated rings. The van der Waals surface area contributed by atoms with Gasteiger partial charge in [0.15, 0.2) is 0 Å². The van der Waals surface area contributed by atoms with Gasteiger partial charge in [0.05, 0.1) is 0 Å². The van der Waals surface area contributed by atoms with Gasteiger partial charge in [0.1, 0.15) is 11.4 Å². The van der Waals surface area contributed by atoms with Gasteiger partial charge in [-0.05, 0) is 38.0 Å². The Morgan fingerprint density at radius 2 is 2.20 bits per heavy atom. The van der Waals surface area contributed by atoms with Crippen LogP contribution in [0.1, 0.15) is 33.1 Å². The van der Waals surface area contributed by atoms with E-state index in [2.05, 4.69) is 5.32 Å². The number of hydrogen-bond acceptors (Lipinski definition) is 2. The van der Waals surface area contributed by atoms with Crippen LogP contribution < -0.4 is 5.32 Å². The summed E-state index contributed by atoms with van der Waals surface area (Å²) in [4.78, 5) is 26.0. The van der Waals surface area contributed by atoms with Gasteiger partial charge in [0.25, 0.3) is 0 Å². The number of nitrogens with one attached hydrogen (secondary N) is 1. The zero-order valence-corrected chi connectivity index (χ0v) is 11.8. The van der Waals surface area contributed by atoms with Crippen molar-refractivity contribution in [3.8, 4) is 0 Å². The maximum atomic E-state index is 13.1. The fourth-order valence-corrected chi connectivity index (χ4v) is 2.62. The summed E-state index contributed by atoms with van der Waals surface area (Å²) in [6.45, 7) is 4.15. The molecule has 4 nitrogen and oxygen atoms in total. The number of hydrogen-bond donors (Lipinski definition) is 1. The summed E-state index contributed by atoms with van der Waals surface area (Å²) in [5.74, 6) is -0.692. The first-order valence-corrected chi connectivity index (χ1v) is 6.85. The maximum Gasteiger partial charge on any atom is 0.250 e. The zero-order chi connectivity index (χ0) is 14.8. The van der Waals surface area contributed by atoms with Crippen LogP contribution in [-0.2, 0) is 9.59 Å². The minimum atomic E-state index is -0.848. The molecule has 1 aromatic rings. The molecular formula is C15H19FN2O2. The number of amides is 2. The molecule has 0 aromatic heterocycles. The first-order chi connectivity index (χ1) is 9.47. The normalized spacial score (nSPS) is 21.9. The van der Waals surface area contributed by atoms with Gasteiger partial charge in [-0.1, -0.05) is 13.0 Å². The van der Waals surface area contributed by atoms with Gasteiger partial charge >= 0.3 is 0 Å². The molecule has 0 spiro atoms. The van der Waals surface area contributed by atoms with E-state index in [0.717, 1.165) is 6.42 Å². The number of nitrogens with zero attached hydrogens (tertiary/aromatic N) is 1. The highest BCUT2D eigenvalue weighted by molar-refractivity contribution is 6.00. The van der Waals surface area contributed by atoms with Crippen LogP contribution in [0.2, 0.25) is 0 Å². The van der Waals surface area contributed by atoms with Crippen LogP contribution in [0.3, 0.4) is 0 Å². The fourth-order valence-electron chi connectivity index (χ4n) is 2.62. The molecular weight excluding hydrogens is 259 g/mol. The molecule has 0 saturated carbocycles. The zero-order valence-electron chi connectivity index (χ0n) is 11.8. The summed E-state index contributed by atoms with van der Waals surface area (Å²) in [6.07, 6.45) is 1.81. The molecule has 1 aromatic carbocycles. The van der Waals surface area contributed by atoms with Crippen molar-refractivity contribution in [1.29, 1.82) is 0 Å². The molecule has 1 aliphatic heterocycles. The number of likely N-dealkylation sites (tertiary alicyclic amines) is 1. The Balaban J connectivity index is 2.16. The highest BCUT2D eigenvalue weighted by atomic mass is 19.1. The Morgan fingerprint density at radius 1 is 1.45 bits per heavy atom. The third kappa shape index (κ3) is 2.66. The molecule has 20 heavy (non-hydrogen) atoms. The number of benzene rings is 1. The van der Waals surface area contributed by atoms with E-state index >= 15 is 0 Å². The lowest BCUT2D eigenvalue weighted by Gasteiger charge is -2.33. The molecule has 2 amide bonds. The highest BCUT2D eigenvalue weighted by Crippen LogP contribution is 2.31. The van der Waals surface area contributed by atoms with E-state index in [1.165, 1.54) is 18.2 Å². The van der Waals surface area contributed by atoms with Crippen molar-refractivity contribution in [3.63, 3.8) is 0 Å². The molecule has 1 unspecified atom stereocenters. The van der Waals surface area contributed by atoms with Gasteiger partial charge in [-0.15, -0.1) is 0 Å². The number of halogens is 1. The van der Waals surface area contributed by atoms with Gasteiger partial charge in [0, 0.05) is 18.7 Å². The second kappa shape index (κ2) is 5.61. The summed E-state index contributed by atoms with van der Waals surface area (Å²) >= 11 is 0. The van der Waals surface area contributed by atoms with Crippen molar-refractivity contribution in [2.45, 2.75) is 38.6 Å². The quantitative estimate of drug-likeness (QED) is 0.923. The summed E-state index contributed by atoms with van der Waals surface area (Å²) in [7, 11) is 0. The van der Waals surface area contributed by atoms with Crippen LogP contribution in [0, 0.1) is 5.82 Å². The van der Waals surface area contributed by atoms with Crippen molar-refractivity contribution in [2.24, 2.45) is 0 Å². The monoisotopic (exact) mass is 278 g/mol. The highest BCUT2D eigenvalue weighted by Gasteiger charge is 2.45. The van der Waals surface area contributed by atoms with Gasteiger partial charge in [-0.3, -0.25) is 9.59 Å². The average molecular weight is 278 g/mol. The third-order valence-electron chi connectivity index (χ3n) is 3.82. The Kier molecular flexibility index (Phi) is 4.06. The van der Waals surface area contributed by atoms with Crippen LogP contribution in [0.15, 0.2) is 24.3 Å². The van der Waals surface area contributed by atoms with Gasteiger partial charge in [-0.2, -0.15) is 0 Å². The van der Waals surface area contributed by atoms with Gasteiger partial charge in [0.2, 0.25) is 11.8 Å². The molecule has 108 valence electrons. The minimum absolute atomic E-state index is 0.0283. The fraction of sp³-hybridized carbons (Fsp3) is 0.467. The lowest BCUT2D eigenvalue weighted by molar-refractivity contribution is -0.141. The Bertz CT molecular complexity index is 532. The van der Waals surface area contributed by atoms with Crippen molar-refractivity contribution in [2.75, 3.05) is 11.9 Å². The van der Waals surface area contributed by atoms with Crippen molar-refractivity contribution in [1.82, 2.24) is 4.90 Å². The Hall–Kier alpha value is -1.91. The van der Waals surface area contributed by atoms with Crippen molar-refractivity contribution in [3.05, 3.63) is 30.1 Å². The van der Waals surface area contributed by atoms with Crippen LogP contribution >= 0.6 is 0 Å². The van der Waals surface area contributed by atoms with E-state index in [1.54, 1.807) is 24.8 Å². The van der Waals surface area contributed by atoms with Crippen LogP contribution in [-0.4, -0.2) is 28.8 Å². The van der Waals surface area contributed by atoms with Crippen LogP contribution in [0.5, 0.6) is 0 Å². The number of carbonyl (C=O) groups excluding carboxylic acids is 2. The van der Waals surface area contributed by atoms with E-state index in [9.17, 15) is 14.0 Å². The summed E-state index contributed by atoms with van der Waals surface area (Å²) in [5, 5.41) is 2.70. The van der Waals surface area contributed by atoms with E-state index < -0.39 is 11.4 Å². The van der Waals surface area contributed by atoms with Crippen LogP contribution in [0.25, 0.3) is 0 Å². The van der Waals surface area contributed by atoms with Crippen molar-refractivity contribution < 1.29 is 14.0 Å². The summed E-state index contributed by atoms with van der Waals surface area (Å²) in [6, 6.07) is 5.75. The second-order valence-corrected chi connectivity index (χ2v) is 5.24. The minimum Gasteiger partial charge on any atom is -0.328 e. The lowest BCUT2D eigenvalue weighted by Crippen LogP contribution is -2.53. The molecule has 0 radical (unpaired) electrons. The Morgan fingerprint density at radius 3 is 2.85 bits per heavy atom. The van der Waals surface area contributed by atoms with E-state index in [1.807, 2.05) is 0 Å². The van der Waals surface area contributed by atoms with Crippen molar-refractivity contribution >= 4 is 17.5 Å². The number of carbonyl (C=O) groups is 2. The first kappa shape index (κ1) is 14.5. The smallest absolute Gasteiger partial charge is 0.250 e. The largest absolute Gasteiger partial charge is 0.328 e. The summed E-state index contributed by atoms with van der Waals surface area (Å²) < 4.78 is 13.1. The van der Waals surface area contributed by atoms with Crippen LogP contribution in [0.4, 0.5) is 10.1 Å².